The summed E-state index contributed by atoms with van der Waals surface area (Å²) in [6, 6.07) is 0.584. The highest BCUT2D eigenvalue weighted by molar-refractivity contribution is 5.12. The van der Waals surface area contributed by atoms with Crippen LogP contribution in [0.25, 0.3) is 0 Å². The van der Waals surface area contributed by atoms with Crippen molar-refractivity contribution < 1.29 is 0 Å². The molecule has 0 aromatic carbocycles. The lowest BCUT2D eigenvalue weighted by atomic mass is 9.85. The fraction of sp³-hybridized carbons (Fsp3) is 0.786. The molecule has 0 amide bonds. The first kappa shape index (κ1) is 11.3. The molecule has 1 unspecified atom stereocenters. The minimum atomic E-state index is 0.584. The van der Waals surface area contributed by atoms with Gasteiger partial charge in [0.15, 0.2) is 0 Å². The van der Waals surface area contributed by atoms with Gasteiger partial charge in [-0.05, 0) is 43.7 Å². The van der Waals surface area contributed by atoms with Crippen LogP contribution in [-0.4, -0.2) is 22.9 Å². The van der Waals surface area contributed by atoms with E-state index in [-0.39, 0.29) is 0 Å². The first-order chi connectivity index (χ1) is 8.43. The number of hydrogen-bond donors (Lipinski definition) is 1. The first-order valence-electron chi connectivity index (χ1n) is 7.18. The van der Waals surface area contributed by atoms with Gasteiger partial charge in [-0.2, -0.15) is 5.10 Å². The fourth-order valence-electron chi connectivity index (χ4n) is 3.26. The Morgan fingerprint density at radius 3 is 2.76 bits per heavy atom. The molecule has 0 radical (unpaired) electrons. The molecule has 1 aromatic rings. The van der Waals surface area contributed by atoms with E-state index < -0.39 is 0 Å². The fourth-order valence-corrected chi connectivity index (χ4v) is 3.26. The van der Waals surface area contributed by atoms with E-state index in [1.54, 1.807) is 0 Å². The molecule has 3 heteroatoms. The standard InChI is InChI=1S/C14H23N3/c1-2-5-12(6-3-1)13-9-16-17(11-13)14-7-4-8-15-10-14/h9,11-12,14-15H,1-8,10H2. The third-order valence-corrected chi connectivity index (χ3v) is 4.34. The topological polar surface area (TPSA) is 29.9 Å². The van der Waals surface area contributed by atoms with E-state index in [9.17, 15) is 0 Å². The summed E-state index contributed by atoms with van der Waals surface area (Å²) in [5.41, 5.74) is 1.48. The Morgan fingerprint density at radius 2 is 2.00 bits per heavy atom. The highest BCUT2D eigenvalue weighted by atomic mass is 15.3. The first-order valence-corrected chi connectivity index (χ1v) is 7.18. The van der Waals surface area contributed by atoms with Gasteiger partial charge in [0, 0.05) is 12.7 Å². The number of aromatic nitrogens is 2. The van der Waals surface area contributed by atoms with E-state index in [0.29, 0.717) is 6.04 Å². The second-order valence-electron chi connectivity index (χ2n) is 5.59. The van der Waals surface area contributed by atoms with E-state index in [1.165, 1.54) is 57.1 Å². The monoisotopic (exact) mass is 233 g/mol. The van der Waals surface area contributed by atoms with Crippen LogP contribution in [0.5, 0.6) is 0 Å². The van der Waals surface area contributed by atoms with Gasteiger partial charge < -0.3 is 5.32 Å². The van der Waals surface area contributed by atoms with Gasteiger partial charge in [-0.25, -0.2) is 0 Å². The molecule has 1 aliphatic carbocycles. The van der Waals surface area contributed by atoms with Gasteiger partial charge in [0.05, 0.1) is 12.2 Å². The number of nitrogens with one attached hydrogen (secondary N) is 1. The normalized spacial score (nSPS) is 27.2. The highest BCUT2D eigenvalue weighted by Crippen LogP contribution is 2.32. The molecule has 94 valence electrons. The van der Waals surface area contributed by atoms with Crippen molar-refractivity contribution in [2.24, 2.45) is 0 Å². The SMILES string of the molecule is c1nn(C2CCCNC2)cc1C1CCCCC1. The molecule has 0 bridgehead atoms. The summed E-state index contributed by atoms with van der Waals surface area (Å²) in [5.74, 6) is 0.786. The predicted octanol–water partition coefficient (Wildman–Crippen LogP) is 2.86. The van der Waals surface area contributed by atoms with Crippen LogP contribution >= 0.6 is 0 Å². The van der Waals surface area contributed by atoms with Crippen LogP contribution in [-0.2, 0) is 0 Å². The minimum Gasteiger partial charge on any atom is -0.315 e. The van der Waals surface area contributed by atoms with Gasteiger partial charge in [-0.15, -0.1) is 0 Å². The lowest BCUT2D eigenvalue weighted by Gasteiger charge is -2.23. The zero-order chi connectivity index (χ0) is 11.5. The number of nitrogens with zero attached hydrogens (tertiary/aromatic N) is 2. The quantitative estimate of drug-likeness (QED) is 0.851. The second kappa shape index (κ2) is 5.21. The molecule has 3 nitrogen and oxygen atoms in total. The van der Waals surface area contributed by atoms with Crippen molar-refractivity contribution in [1.29, 1.82) is 0 Å². The molecule has 17 heavy (non-hydrogen) atoms. The summed E-state index contributed by atoms with van der Waals surface area (Å²) < 4.78 is 2.20. The van der Waals surface area contributed by atoms with Gasteiger partial charge >= 0.3 is 0 Å². The highest BCUT2D eigenvalue weighted by Gasteiger charge is 2.20. The Morgan fingerprint density at radius 1 is 1.12 bits per heavy atom. The molecule has 1 aliphatic heterocycles. The smallest absolute Gasteiger partial charge is 0.0644 e. The Hall–Kier alpha value is -0.830. The molecule has 1 N–H and O–H groups in total. The average Bonchev–Trinajstić information content (AvgIpc) is 2.90. The third-order valence-electron chi connectivity index (χ3n) is 4.34. The van der Waals surface area contributed by atoms with Gasteiger partial charge in [0.2, 0.25) is 0 Å². The number of piperidine rings is 1. The van der Waals surface area contributed by atoms with Crippen LogP contribution in [0.2, 0.25) is 0 Å². The maximum Gasteiger partial charge on any atom is 0.0644 e. The number of hydrogen-bond acceptors (Lipinski definition) is 2. The lowest BCUT2D eigenvalue weighted by Crippen LogP contribution is -2.31. The van der Waals surface area contributed by atoms with Crippen LogP contribution in [0.1, 0.15) is 62.5 Å². The van der Waals surface area contributed by atoms with E-state index in [0.717, 1.165) is 12.5 Å². The van der Waals surface area contributed by atoms with Crippen LogP contribution in [0.15, 0.2) is 12.4 Å². The average molecular weight is 233 g/mol. The van der Waals surface area contributed by atoms with Gasteiger partial charge in [-0.1, -0.05) is 19.3 Å². The maximum atomic E-state index is 4.59. The van der Waals surface area contributed by atoms with Gasteiger partial charge in [-0.3, -0.25) is 4.68 Å². The van der Waals surface area contributed by atoms with Crippen LogP contribution in [0.3, 0.4) is 0 Å². The van der Waals surface area contributed by atoms with Crippen molar-refractivity contribution in [1.82, 2.24) is 15.1 Å². The molecule has 0 spiro atoms. The summed E-state index contributed by atoms with van der Waals surface area (Å²) >= 11 is 0. The molecular formula is C14H23N3. The zero-order valence-corrected chi connectivity index (χ0v) is 10.6. The second-order valence-corrected chi connectivity index (χ2v) is 5.59. The minimum absolute atomic E-state index is 0.584. The van der Waals surface area contributed by atoms with Crippen molar-refractivity contribution in [3.05, 3.63) is 18.0 Å². The molecule has 3 rings (SSSR count). The number of rotatable bonds is 2. The van der Waals surface area contributed by atoms with Gasteiger partial charge in [0.1, 0.15) is 0 Å². The van der Waals surface area contributed by atoms with Crippen LogP contribution < -0.4 is 5.32 Å². The molecule has 2 heterocycles. The van der Waals surface area contributed by atoms with Crippen molar-refractivity contribution >= 4 is 0 Å². The van der Waals surface area contributed by atoms with Crippen molar-refractivity contribution in [3.63, 3.8) is 0 Å². The summed E-state index contributed by atoms with van der Waals surface area (Å²) in [5, 5.41) is 8.05. The van der Waals surface area contributed by atoms with Gasteiger partial charge in [0.25, 0.3) is 0 Å². The van der Waals surface area contributed by atoms with Crippen molar-refractivity contribution in [2.75, 3.05) is 13.1 Å². The molecule has 1 aromatic heterocycles. The molecule has 1 saturated heterocycles. The molecule has 2 aliphatic rings. The Bertz CT molecular complexity index is 314. The third kappa shape index (κ3) is 2.54. The predicted molar refractivity (Wildman–Crippen MR) is 69.2 cm³/mol. The summed E-state index contributed by atoms with van der Waals surface area (Å²) in [6.07, 6.45) is 14.0. The van der Waals surface area contributed by atoms with E-state index >= 15 is 0 Å². The van der Waals surface area contributed by atoms with E-state index in [2.05, 4.69) is 27.5 Å². The Balaban J connectivity index is 1.68. The Labute approximate surface area is 104 Å². The van der Waals surface area contributed by atoms with Crippen LogP contribution in [0.4, 0.5) is 0 Å². The maximum absolute atomic E-state index is 4.59. The summed E-state index contributed by atoms with van der Waals surface area (Å²) in [7, 11) is 0. The van der Waals surface area contributed by atoms with E-state index in [1.807, 2.05) is 0 Å². The van der Waals surface area contributed by atoms with E-state index in [4.69, 9.17) is 0 Å². The molecule has 2 fully saturated rings. The van der Waals surface area contributed by atoms with Crippen LogP contribution in [0, 0.1) is 0 Å². The molecule has 1 saturated carbocycles. The Kier molecular flexibility index (Phi) is 3.46. The van der Waals surface area contributed by atoms with Crippen molar-refractivity contribution in [3.8, 4) is 0 Å². The summed E-state index contributed by atoms with van der Waals surface area (Å²) in [6.45, 7) is 2.26. The molecule has 1 atom stereocenters. The zero-order valence-electron chi connectivity index (χ0n) is 10.6. The summed E-state index contributed by atoms with van der Waals surface area (Å²) in [4.78, 5) is 0. The lowest BCUT2D eigenvalue weighted by molar-refractivity contribution is 0.346. The van der Waals surface area contributed by atoms with Crippen molar-refractivity contribution in [2.45, 2.75) is 56.9 Å². The molecular weight excluding hydrogens is 210 g/mol. The largest absolute Gasteiger partial charge is 0.315 e.